The van der Waals surface area contributed by atoms with Gasteiger partial charge in [0.2, 0.25) is 0 Å². The summed E-state index contributed by atoms with van der Waals surface area (Å²) in [7, 11) is 0. The van der Waals surface area contributed by atoms with Crippen LogP contribution in [0.3, 0.4) is 0 Å². The summed E-state index contributed by atoms with van der Waals surface area (Å²) in [4.78, 5) is 1.46. The first-order chi connectivity index (χ1) is 10.1. The molecule has 1 aliphatic rings. The number of fused-ring (bicyclic) bond motifs is 1. The molecule has 0 amide bonds. The third-order valence-corrected chi connectivity index (χ3v) is 5.41. The minimum atomic E-state index is 0.295. The second-order valence-corrected chi connectivity index (χ2v) is 7.57. The summed E-state index contributed by atoms with van der Waals surface area (Å²) in [5.74, 6) is 1.23. The highest BCUT2D eigenvalue weighted by molar-refractivity contribution is 7.99. The molecule has 0 bridgehead atoms. The topological polar surface area (TPSA) is 0 Å². The minimum absolute atomic E-state index is 0.295. The highest BCUT2D eigenvalue weighted by atomic mass is 32.2. The number of thioether (sulfide) groups is 1. The van der Waals surface area contributed by atoms with Gasteiger partial charge in [0.25, 0.3) is 0 Å². The largest absolute Gasteiger partial charge is 0.126 e. The molecule has 0 radical (unpaired) electrons. The van der Waals surface area contributed by atoms with E-state index in [1.54, 1.807) is 0 Å². The molecule has 0 saturated heterocycles. The smallest absolute Gasteiger partial charge is 0.0110 e. The van der Waals surface area contributed by atoms with Gasteiger partial charge in [-0.1, -0.05) is 56.3 Å². The molecule has 1 heteroatoms. The molecule has 2 aromatic rings. The zero-order chi connectivity index (χ0) is 14.9. The van der Waals surface area contributed by atoms with Gasteiger partial charge in [0.05, 0.1) is 0 Å². The van der Waals surface area contributed by atoms with Gasteiger partial charge in [-0.25, -0.2) is 0 Å². The molecule has 0 atom stereocenters. The first kappa shape index (κ1) is 14.5. The molecule has 1 aliphatic heterocycles. The van der Waals surface area contributed by atoms with Crippen molar-refractivity contribution in [1.82, 2.24) is 0 Å². The first-order valence-electron chi connectivity index (χ1n) is 7.57. The molecule has 0 aliphatic carbocycles. The van der Waals surface area contributed by atoms with Gasteiger partial charge in [0.15, 0.2) is 0 Å². The van der Waals surface area contributed by atoms with Crippen molar-refractivity contribution in [3.8, 4) is 0 Å². The lowest BCUT2D eigenvalue weighted by Crippen LogP contribution is -2.22. The summed E-state index contributed by atoms with van der Waals surface area (Å²) >= 11 is 2.00. The van der Waals surface area contributed by atoms with E-state index in [1.165, 1.54) is 39.3 Å². The van der Waals surface area contributed by atoms with E-state index in [-0.39, 0.29) is 0 Å². The van der Waals surface area contributed by atoms with Crippen LogP contribution in [0.25, 0.3) is 11.6 Å². The standard InChI is InChI=1S/C20H22S/c1-15(13-16-7-5-4-6-8-16)17-9-10-19-18(14-17)20(2,3)11-12-21-19/h4-10,13-14H,11-12H2,1-3H3. The second kappa shape index (κ2) is 5.73. The Morgan fingerprint density at radius 1 is 1.10 bits per heavy atom. The molecule has 0 spiro atoms. The Morgan fingerprint density at radius 2 is 1.86 bits per heavy atom. The molecule has 1 heterocycles. The van der Waals surface area contributed by atoms with Crippen LogP contribution in [-0.2, 0) is 5.41 Å². The molecule has 0 saturated carbocycles. The summed E-state index contributed by atoms with van der Waals surface area (Å²) in [6, 6.07) is 17.5. The number of hydrogen-bond donors (Lipinski definition) is 0. The zero-order valence-electron chi connectivity index (χ0n) is 13.0. The zero-order valence-corrected chi connectivity index (χ0v) is 13.8. The molecule has 0 fully saturated rings. The third-order valence-electron chi connectivity index (χ3n) is 4.33. The quantitative estimate of drug-likeness (QED) is 0.610. The predicted octanol–water partition coefficient (Wildman–Crippen LogP) is 6.02. The van der Waals surface area contributed by atoms with Crippen molar-refractivity contribution in [3.63, 3.8) is 0 Å². The Morgan fingerprint density at radius 3 is 2.62 bits per heavy atom. The maximum Gasteiger partial charge on any atom is 0.0110 e. The fourth-order valence-corrected chi connectivity index (χ4v) is 4.35. The monoisotopic (exact) mass is 294 g/mol. The summed E-state index contributed by atoms with van der Waals surface area (Å²) in [6.07, 6.45) is 3.53. The Balaban J connectivity index is 1.99. The summed E-state index contributed by atoms with van der Waals surface area (Å²) < 4.78 is 0. The van der Waals surface area contributed by atoms with Gasteiger partial charge in [0, 0.05) is 4.90 Å². The highest BCUT2D eigenvalue weighted by Crippen LogP contribution is 2.42. The number of allylic oxidation sites excluding steroid dienone is 1. The average molecular weight is 294 g/mol. The van der Waals surface area contributed by atoms with Gasteiger partial charge in [-0.15, -0.1) is 11.8 Å². The van der Waals surface area contributed by atoms with Crippen LogP contribution in [0.1, 0.15) is 43.9 Å². The van der Waals surface area contributed by atoms with Crippen molar-refractivity contribution in [1.29, 1.82) is 0 Å². The highest BCUT2D eigenvalue weighted by Gasteiger charge is 2.27. The van der Waals surface area contributed by atoms with E-state index in [9.17, 15) is 0 Å². The Kier molecular flexibility index (Phi) is 3.95. The van der Waals surface area contributed by atoms with Crippen molar-refractivity contribution in [2.75, 3.05) is 5.75 Å². The molecular weight excluding hydrogens is 272 g/mol. The van der Waals surface area contributed by atoms with Crippen LogP contribution in [0.4, 0.5) is 0 Å². The molecule has 108 valence electrons. The molecular formula is C20H22S. The van der Waals surface area contributed by atoms with E-state index in [1.807, 2.05) is 11.8 Å². The van der Waals surface area contributed by atoms with E-state index < -0.39 is 0 Å². The van der Waals surface area contributed by atoms with E-state index in [2.05, 4.69) is 75.4 Å². The molecule has 0 nitrogen and oxygen atoms in total. The molecule has 0 N–H and O–H groups in total. The normalized spacial score (nSPS) is 17.4. The van der Waals surface area contributed by atoms with Crippen LogP contribution in [-0.4, -0.2) is 5.75 Å². The summed E-state index contributed by atoms with van der Waals surface area (Å²) in [6.45, 7) is 6.94. The lowest BCUT2D eigenvalue weighted by atomic mass is 9.80. The first-order valence-corrected chi connectivity index (χ1v) is 8.56. The van der Waals surface area contributed by atoms with Gasteiger partial charge < -0.3 is 0 Å². The molecule has 0 aromatic heterocycles. The number of rotatable bonds is 2. The summed E-state index contributed by atoms with van der Waals surface area (Å²) in [5, 5.41) is 0. The summed E-state index contributed by atoms with van der Waals surface area (Å²) in [5.41, 5.74) is 5.74. The fraction of sp³-hybridized carbons (Fsp3) is 0.300. The van der Waals surface area contributed by atoms with E-state index in [0.29, 0.717) is 5.41 Å². The second-order valence-electron chi connectivity index (χ2n) is 6.43. The SMILES string of the molecule is CC(=Cc1ccccc1)c1ccc2c(c1)C(C)(C)CCS2. The van der Waals surface area contributed by atoms with E-state index in [4.69, 9.17) is 0 Å². The van der Waals surface area contributed by atoms with Gasteiger partial charge in [-0.3, -0.25) is 0 Å². The van der Waals surface area contributed by atoms with Crippen LogP contribution in [0.2, 0.25) is 0 Å². The van der Waals surface area contributed by atoms with Crippen molar-refractivity contribution < 1.29 is 0 Å². The molecule has 21 heavy (non-hydrogen) atoms. The van der Waals surface area contributed by atoms with Crippen LogP contribution in [0.5, 0.6) is 0 Å². The van der Waals surface area contributed by atoms with Crippen molar-refractivity contribution in [2.45, 2.75) is 37.5 Å². The Bertz CT molecular complexity index is 665. The maximum atomic E-state index is 2.40. The maximum absolute atomic E-state index is 2.40. The Hall–Kier alpha value is -1.47. The van der Waals surface area contributed by atoms with Crippen LogP contribution >= 0.6 is 11.8 Å². The third kappa shape index (κ3) is 3.08. The lowest BCUT2D eigenvalue weighted by molar-refractivity contribution is 0.494. The lowest BCUT2D eigenvalue weighted by Gasteiger charge is -2.32. The molecule has 2 aromatic carbocycles. The fourth-order valence-electron chi connectivity index (χ4n) is 2.86. The van der Waals surface area contributed by atoms with Gasteiger partial charge in [-0.05, 0) is 58.9 Å². The van der Waals surface area contributed by atoms with Crippen molar-refractivity contribution in [3.05, 3.63) is 65.2 Å². The number of hydrogen-bond acceptors (Lipinski definition) is 1. The molecule has 0 unspecified atom stereocenters. The van der Waals surface area contributed by atoms with E-state index >= 15 is 0 Å². The minimum Gasteiger partial charge on any atom is -0.126 e. The van der Waals surface area contributed by atoms with Crippen LogP contribution in [0.15, 0.2) is 53.4 Å². The van der Waals surface area contributed by atoms with Crippen LogP contribution in [0, 0.1) is 0 Å². The molecule has 3 rings (SSSR count). The van der Waals surface area contributed by atoms with Gasteiger partial charge in [0.1, 0.15) is 0 Å². The van der Waals surface area contributed by atoms with E-state index in [0.717, 1.165) is 0 Å². The van der Waals surface area contributed by atoms with Crippen molar-refractivity contribution >= 4 is 23.4 Å². The predicted molar refractivity (Wildman–Crippen MR) is 94.8 cm³/mol. The average Bonchev–Trinajstić information content (AvgIpc) is 2.48. The number of benzene rings is 2. The Labute approximate surface area is 132 Å². The van der Waals surface area contributed by atoms with Gasteiger partial charge >= 0.3 is 0 Å². The van der Waals surface area contributed by atoms with Gasteiger partial charge in [-0.2, -0.15) is 0 Å². The van der Waals surface area contributed by atoms with Crippen LogP contribution < -0.4 is 0 Å². The van der Waals surface area contributed by atoms with Crippen molar-refractivity contribution in [2.24, 2.45) is 0 Å².